The van der Waals surface area contributed by atoms with E-state index in [0.717, 1.165) is 5.75 Å². The number of rotatable bonds is 4. The fraction of sp³-hybridized carbons (Fsp3) is 0.231. The van der Waals surface area contributed by atoms with Gasteiger partial charge in [-0.05, 0) is 29.9 Å². The minimum absolute atomic E-state index is 0.995. The van der Waals surface area contributed by atoms with Crippen molar-refractivity contribution in [3.63, 3.8) is 0 Å². The molecule has 0 aromatic heterocycles. The van der Waals surface area contributed by atoms with E-state index in [-0.39, 0.29) is 0 Å². The Labute approximate surface area is 90.7 Å². The van der Waals surface area contributed by atoms with Gasteiger partial charge in [0, 0.05) is 5.75 Å². The van der Waals surface area contributed by atoms with Crippen LogP contribution in [-0.4, -0.2) is 12.0 Å². The summed E-state index contributed by atoms with van der Waals surface area (Å²) in [6.45, 7) is 6.14. The van der Waals surface area contributed by atoms with Gasteiger partial charge < -0.3 is 0 Å². The molecule has 74 valence electrons. The van der Waals surface area contributed by atoms with E-state index in [1.807, 2.05) is 18.7 Å². The molecule has 0 radical (unpaired) electrons. The van der Waals surface area contributed by atoms with Gasteiger partial charge in [0.2, 0.25) is 0 Å². The van der Waals surface area contributed by atoms with E-state index < -0.39 is 0 Å². The molecule has 0 aliphatic heterocycles. The maximum Gasteiger partial charge on any atom is 0.0182 e. The number of allylic oxidation sites excluding steroid dienone is 1. The van der Waals surface area contributed by atoms with Crippen molar-refractivity contribution in [2.75, 3.05) is 12.0 Å². The summed E-state index contributed by atoms with van der Waals surface area (Å²) >= 11 is 1.81. The SMILES string of the molecule is C=C(CSC)c1ccccc1/C=C\C. The van der Waals surface area contributed by atoms with Crippen LogP contribution in [0.5, 0.6) is 0 Å². The van der Waals surface area contributed by atoms with Crippen LogP contribution >= 0.6 is 11.8 Å². The molecule has 1 heteroatoms. The number of thioether (sulfide) groups is 1. The van der Waals surface area contributed by atoms with Crippen molar-refractivity contribution in [3.05, 3.63) is 48.0 Å². The molecule has 0 nitrogen and oxygen atoms in total. The first-order valence-corrected chi connectivity index (χ1v) is 6.07. The zero-order valence-corrected chi connectivity index (χ0v) is 9.60. The second kappa shape index (κ2) is 5.71. The van der Waals surface area contributed by atoms with Gasteiger partial charge in [-0.15, -0.1) is 0 Å². The van der Waals surface area contributed by atoms with Crippen molar-refractivity contribution in [1.82, 2.24) is 0 Å². The van der Waals surface area contributed by atoms with Gasteiger partial charge in [-0.3, -0.25) is 0 Å². The van der Waals surface area contributed by atoms with E-state index in [4.69, 9.17) is 0 Å². The molecule has 0 fully saturated rings. The van der Waals surface area contributed by atoms with Gasteiger partial charge in [-0.2, -0.15) is 11.8 Å². The Morgan fingerprint density at radius 3 is 2.79 bits per heavy atom. The van der Waals surface area contributed by atoms with Crippen LogP contribution in [0.4, 0.5) is 0 Å². The van der Waals surface area contributed by atoms with Gasteiger partial charge >= 0.3 is 0 Å². The lowest BCUT2D eigenvalue weighted by atomic mass is 10.0. The smallest absolute Gasteiger partial charge is 0.0182 e. The Bertz CT molecular complexity index is 337. The van der Waals surface area contributed by atoms with E-state index in [2.05, 4.69) is 49.3 Å². The molecule has 0 aliphatic rings. The van der Waals surface area contributed by atoms with Crippen LogP contribution in [0.25, 0.3) is 11.6 Å². The largest absolute Gasteiger partial charge is 0.161 e. The molecule has 0 unspecified atom stereocenters. The second-order valence-corrected chi connectivity index (χ2v) is 3.99. The first-order valence-electron chi connectivity index (χ1n) is 4.68. The van der Waals surface area contributed by atoms with Gasteiger partial charge in [0.05, 0.1) is 0 Å². The highest BCUT2D eigenvalue weighted by molar-refractivity contribution is 7.99. The van der Waals surface area contributed by atoms with Gasteiger partial charge in [0.1, 0.15) is 0 Å². The Hall–Kier alpha value is -0.950. The average Bonchev–Trinajstić information content (AvgIpc) is 2.19. The number of benzene rings is 1. The van der Waals surface area contributed by atoms with Crippen molar-refractivity contribution in [3.8, 4) is 0 Å². The van der Waals surface area contributed by atoms with E-state index >= 15 is 0 Å². The van der Waals surface area contributed by atoms with Crippen molar-refractivity contribution >= 4 is 23.4 Å². The maximum atomic E-state index is 4.10. The van der Waals surface area contributed by atoms with Crippen LogP contribution in [-0.2, 0) is 0 Å². The quantitative estimate of drug-likeness (QED) is 0.711. The summed E-state index contributed by atoms with van der Waals surface area (Å²) in [6, 6.07) is 8.38. The van der Waals surface area contributed by atoms with Crippen LogP contribution in [0.15, 0.2) is 36.9 Å². The first-order chi connectivity index (χ1) is 6.79. The van der Waals surface area contributed by atoms with Crippen molar-refractivity contribution in [1.29, 1.82) is 0 Å². The van der Waals surface area contributed by atoms with Crippen LogP contribution in [0.2, 0.25) is 0 Å². The lowest BCUT2D eigenvalue weighted by Crippen LogP contribution is -1.89. The molecule has 1 aromatic rings. The summed E-state index contributed by atoms with van der Waals surface area (Å²) in [5.41, 5.74) is 3.72. The van der Waals surface area contributed by atoms with Gasteiger partial charge in [0.15, 0.2) is 0 Å². The number of hydrogen-bond donors (Lipinski definition) is 0. The number of hydrogen-bond acceptors (Lipinski definition) is 1. The fourth-order valence-corrected chi connectivity index (χ4v) is 1.90. The minimum Gasteiger partial charge on any atom is -0.161 e. The van der Waals surface area contributed by atoms with E-state index in [0.29, 0.717) is 0 Å². The summed E-state index contributed by atoms with van der Waals surface area (Å²) in [7, 11) is 0. The highest BCUT2D eigenvalue weighted by Gasteiger charge is 2.01. The molecule has 0 heterocycles. The zero-order valence-electron chi connectivity index (χ0n) is 8.79. The molecule has 0 spiro atoms. The van der Waals surface area contributed by atoms with Crippen LogP contribution < -0.4 is 0 Å². The summed E-state index contributed by atoms with van der Waals surface area (Å²) < 4.78 is 0. The van der Waals surface area contributed by atoms with Gasteiger partial charge in [0.25, 0.3) is 0 Å². The molecule has 0 aliphatic carbocycles. The predicted molar refractivity (Wildman–Crippen MR) is 68.6 cm³/mol. The molecule has 0 saturated heterocycles. The Balaban J connectivity index is 3.00. The minimum atomic E-state index is 0.995. The van der Waals surface area contributed by atoms with E-state index in [1.54, 1.807) is 0 Å². The molecule has 0 saturated carbocycles. The van der Waals surface area contributed by atoms with Crippen LogP contribution in [0.3, 0.4) is 0 Å². The van der Waals surface area contributed by atoms with Crippen molar-refractivity contribution in [2.24, 2.45) is 0 Å². The molecule has 1 rings (SSSR count). The molecule has 0 atom stereocenters. The van der Waals surface area contributed by atoms with E-state index in [1.165, 1.54) is 16.7 Å². The summed E-state index contributed by atoms with van der Waals surface area (Å²) in [6.07, 6.45) is 6.29. The Morgan fingerprint density at radius 2 is 2.14 bits per heavy atom. The second-order valence-electron chi connectivity index (χ2n) is 3.12. The molecule has 1 aromatic carbocycles. The monoisotopic (exact) mass is 204 g/mol. The normalized spacial score (nSPS) is 10.7. The third-order valence-electron chi connectivity index (χ3n) is 2.01. The highest BCUT2D eigenvalue weighted by Crippen LogP contribution is 2.21. The molecule has 0 amide bonds. The van der Waals surface area contributed by atoms with Crippen molar-refractivity contribution in [2.45, 2.75) is 6.92 Å². The van der Waals surface area contributed by atoms with E-state index in [9.17, 15) is 0 Å². The van der Waals surface area contributed by atoms with Crippen molar-refractivity contribution < 1.29 is 0 Å². The Kier molecular flexibility index (Phi) is 4.54. The standard InChI is InChI=1S/C13H16S/c1-4-7-12-8-5-6-9-13(12)11(2)10-14-3/h4-9H,2,10H2,1,3H3/b7-4-. The van der Waals surface area contributed by atoms with Gasteiger partial charge in [-0.1, -0.05) is 43.0 Å². The predicted octanol–water partition coefficient (Wildman–Crippen LogP) is 4.10. The maximum absolute atomic E-state index is 4.10. The van der Waals surface area contributed by atoms with Crippen LogP contribution in [0, 0.1) is 0 Å². The first kappa shape index (κ1) is 11.1. The third kappa shape index (κ3) is 2.78. The highest BCUT2D eigenvalue weighted by atomic mass is 32.2. The average molecular weight is 204 g/mol. The summed E-state index contributed by atoms with van der Waals surface area (Å²) in [4.78, 5) is 0. The third-order valence-corrected chi connectivity index (χ3v) is 2.64. The zero-order chi connectivity index (χ0) is 10.4. The Morgan fingerprint density at radius 1 is 1.43 bits per heavy atom. The summed E-state index contributed by atoms with van der Waals surface area (Å²) in [5.74, 6) is 0.995. The summed E-state index contributed by atoms with van der Waals surface area (Å²) in [5, 5.41) is 0. The topological polar surface area (TPSA) is 0 Å². The lowest BCUT2D eigenvalue weighted by molar-refractivity contribution is 1.55. The molecular formula is C13H16S. The van der Waals surface area contributed by atoms with Crippen LogP contribution in [0.1, 0.15) is 18.1 Å². The molecular weight excluding hydrogens is 188 g/mol. The van der Waals surface area contributed by atoms with Gasteiger partial charge in [-0.25, -0.2) is 0 Å². The molecule has 0 bridgehead atoms. The lowest BCUT2D eigenvalue weighted by Gasteiger charge is -2.07. The molecule has 14 heavy (non-hydrogen) atoms. The molecule has 0 N–H and O–H groups in total. The fourth-order valence-electron chi connectivity index (χ4n) is 1.40.